The van der Waals surface area contributed by atoms with Crippen LogP contribution in [0.5, 0.6) is 5.75 Å². The molecule has 16 heavy (non-hydrogen) atoms. The second-order valence-corrected chi connectivity index (χ2v) is 4.81. The molecule has 0 fully saturated rings. The molecule has 0 heterocycles. The SMILES string of the molecule is CCOc1ccccc1[C@H](N)C(C)(C)C.Cl. The molecular weight excluding hydrogens is 222 g/mol. The monoisotopic (exact) mass is 243 g/mol. The summed E-state index contributed by atoms with van der Waals surface area (Å²) in [6.45, 7) is 9.08. The van der Waals surface area contributed by atoms with Crippen LogP contribution in [0.4, 0.5) is 0 Å². The van der Waals surface area contributed by atoms with Crippen LogP contribution in [-0.2, 0) is 0 Å². The number of para-hydroxylation sites is 1. The third-order valence-electron chi connectivity index (χ3n) is 2.49. The highest BCUT2D eigenvalue weighted by Gasteiger charge is 2.24. The van der Waals surface area contributed by atoms with Crippen LogP contribution in [0.3, 0.4) is 0 Å². The van der Waals surface area contributed by atoms with Crippen LogP contribution in [0.15, 0.2) is 24.3 Å². The van der Waals surface area contributed by atoms with Gasteiger partial charge in [-0.15, -0.1) is 12.4 Å². The molecule has 92 valence electrons. The minimum atomic E-state index is 0. The molecule has 2 nitrogen and oxygen atoms in total. The molecule has 2 N–H and O–H groups in total. The zero-order valence-electron chi connectivity index (χ0n) is 10.5. The van der Waals surface area contributed by atoms with Crippen molar-refractivity contribution in [2.24, 2.45) is 11.1 Å². The van der Waals surface area contributed by atoms with E-state index < -0.39 is 0 Å². The lowest BCUT2D eigenvalue weighted by molar-refractivity contribution is 0.298. The maximum Gasteiger partial charge on any atom is 0.124 e. The van der Waals surface area contributed by atoms with Gasteiger partial charge in [0.25, 0.3) is 0 Å². The first-order valence-electron chi connectivity index (χ1n) is 5.44. The van der Waals surface area contributed by atoms with E-state index in [4.69, 9.17) is 10.5 Å². The van der Waals surface area contributed by atoms with Gasteiger partial charge >= 0.3 is 0 Å². The van der Waals surface area contributed by atoms with E-state index >= 15 is 0 Å². The highest BCUT2D eigenvalue weighted by molar-refractivity contribution is 5.85. The van der Waals surface area contributed by atoms with Crippen molar-refractivity contribution < 1.29 is 4.74 Å². The van der Waals surface area contributed by atoms with Gasteiger partial charge in [0.1, 0.15) is 5.75 Å². The molecule has 3 heteroatoms. The molecule has 1 rings (SSSR count). The minimum absolute atomic E-state index is 0. The fourth-order valence-corrected chi connectivity index (χ4v) is 1.49. The molecule has 0 aliphatic carbocycles. The van der Waals surface area contributed by atoms with Crippen molar-refractivity contribution in [2.75, 3.05) is 6.61 Å². The lowest BCUT2D eigenvalue weighted by Crippen LogP contribution is -2.26. The predicted molar refractivity (Wildman–Crippen MR) is 71.2 cm³/mol. The fourth-order valence-electron chi connectivity index (χ4n) is 1.49. The number of nitrogens with two attached hydrogens (primary N) is 1. The lowest BCUT2D eigenvalue weighted by Gasteiger charge is -2.28. The topological polar surface area (TPSA) is 35.2 Å². The van der Waals surface area contributed by atoms with Crippen molar-refractivity contribution in [1.29, 1.82) is 0 Å². The molecule has 0 spiro atoms. The average Bonchev–Trinajstić information content (AvgIpc) is 2.17. The van der Waals surface area contributed by atoms with Crippen molar-refractivity contribution in [2.45, 2.75) is 33.7 Å². The van der Waals surface area contributed by atoms with Crippen LogP contribution in [0.25, 0.3) is 0 Å². The van der Waals surface area contributed by atoms with E-state index in [9.17, 15) is 0 Å². The third-order valence-corrected chi connectivity index (χ3v) is 2.49. The maximum absolute atomic E-state index is 6.22. The molecule has 0 aliphatic rings. The Morgan fingerprint density at radius 2 is 1.81 bits per heavy atom. The summed E-state index contributed by atoms with van der Waals surface area (Å²) in [5.41, 5.74) is 7.36. The smallest absolute Gasteiger partial charge is 0.124 e. The van der Waals surface area contributed by atoms with Crippen molar-refractivity contribution in [3.8, 4) is 5.75 Å². The summed E-state index contributed by atoms with van der Waals surface area (Å²) in [6.07, 6.45) is 0. The zero-order valence-corrected chi connectivity index (χ0v) is 11.3. The number of ether oxygens (including phenoxy) is 1. The first-order valence-corrected chi connectivity index (χ1v) is 5.44. The minimum Gasteiger partial charge on any atom is -0.494 e. The van der Waals surface area contributed by atoms with Crippen LogP contribution < -0.4 is 10.5 Å². The fraction of sp³-hybridized carbons (Fsp3) is 0.538. The van der Waals surface area contributed by atoms with E-state index in [1.165, 1.54) is 0 Å². The van der Waals surface area contributed by atoms with Gasteiger partial charge in [-0.2, -0.15) is 0 Å². The number of halogens is 1. The van der Waals surface area contributed by atoms with Crippen molar-refractivity contribution in [3.05, 3.63) is 29.8 Å². The van der Waals surface area contributed by atoms with Crippen LogP contribution in [0.2, 0.25) is 0 Å². The van der Waals surface area contributed by atoms with Gasteiger partial charge < -0.3 is 10.5 Å². The number of hydrogen-bond donors (Lipinski definition) is 1. The average molecular weight is 244 g/mol. The Morgan fingerprint density at radius 3 is 2.31 bits per heavy atom. The van der Waals surface area contributed by atoms with Gasteiger partial charge in [-0.1, -0.05) is 39.0 Å². The van der Waals surface area contributed by atoms with Crippen LogP contribution in [0, 0.1) is 5.41 Å². The molecule has 1 atom stereocenters. The Morgan fingerprint density at radius 1 is 1.25 bits per heavy atom. The number of benzene rings is 1. The first-order chi connectivity index (χ1) is 6.96. The summed E-state index contributed by atoms with van der Waals surface area (Å²) in [7, 11) is 0. The zero-order chi connectivity index (χ0) is 11.5. The summed E-state index contributed by atoms with van der Waals surface area (Å²) < 4.78 is 5.57. The van der Waals surface area contributed by atoms with Gasteiger partial charge in [-0.25, -0.2) is 0 Å². The third kappa shape index (κ3) is 3.69. The first kappa shape index (κ1) is 15.3. The van der Waals surface area contributed by atoms with Crippen LogP contribution >= 0.6 is 12.4 Å². The van der Waals surface area contributed by atoms with E-state index in [2.05, 4.69) is 20.8 Å². The molecule has 0 unspecified atom stereocenters. The second kappa shape index (κ2) is 6.12. The standard InChI is InChI=1S/C13H21NO.ClH/c1-5-15-11-9-7-6-8-10(11)12(14)13(2,3)4;/h6-9,12H,5,14H2,1-4H3;1H/t12-;/m0./s1. The van der Waals surface area contributed by atoms with Gasteiger partial charge in [0.2, 0.25) is 0 Å². The van der Waals surface area contributed by atoms with E-state index in [-0.39, 0.29) is 23.9 Å². The second-order valence-electron chi connectivity index (χ2n) is 4.81. The van der Waals surface area contributed by atoms with Crippen molar-refractivity contribution in [3.63, 3.8) is 0 Å². The Bertz CT molecular complexity index is 320. The highest BCUT2D eigenvalue weighted by atomic mass is 35.5. The van der Waals surface area contributed by atoms with E-state index in [1.54, 1.807) is 0 Å². The van der Waals surface area contributed by atoms with Gasteiger partial charge in [-0.3, -0.25) is 0 Å². The summed E-state index contributed by atoms with van der Waals surface area (Å²) in [5, 5.41) is 0. The number of rotatable bonds is 3. The Labute approximate surface area is 105 Å². The Balaban J connectivity index is 0.00000225. The van der Waals surface area contributed by atoms with Crippen molar-refractivity contribution >= 4 is 12.4 Å². The Kier molecular flexibility index (Phi) is 5.84. The van der Waals surface area contributed by atoms with Crippen LogP contribution in [-0.4, -0.2) is 6.61 Å². The molecule has 0 aliphatic heterocycles. The normalized spacial score (nSPS) is 12.8. The summed E-state index contributed by atoms with van der Waals surface area (Å²) in [6, 6.07) is 8.00. The molecular formula is C13H22ClNO. The lowest BCUT2D eigenvalue weighted by atomic mass is 9.83. The summed E-state index contributed by atoms with van der Waals surface area (Å²) in [5.74, 6) is 0.905. The van der Waals surface area contributed by atoms with E-state index in [0.717, 1.165) is 11.3 Å². The largest absolute Gasteiger partial charge is 0.494 e. The van der Waals surface area contributed by atoms with Gasteiger partial charge in [0.15, 0.2) is 0 Å². The predicted octanol–water partition coefficient (Wildman–Crippen LogP) is 3.55. The molecule has 0 aromatic heterocycles. The molecule has 0 bridgehead atoms. The van der Waals surface area contributed by atoms with E-state index in [1.807, 2.05) is 31.2 Å². The molecule has 1 aromatic carbocycles. The summed E-state index contributed by atoms with van der Waals surface area (Å²) in [4.78, 5) is 0. The van der Waals surface area contributed by atoms with Gasteiger partial charge in [-0.05, 0) is 18.4 Å². The quantitative estimate of drug-likeness (QED) is 0.881. The molecule has 0 amide bonds. The molecule has 1 aromatic rings. The summed E-state index contributed by atoms with van der Waals surface area (Å²) >= 11 is 0. The van der Waals surface area contributed by atoms with Gasteiger partial charge in [0, 0.05) is 11.6 Å². The van der Waals surface area contributed by atoms with Gasteiger partial charge in [0.05, 0.1) is 6.61 Å². The Hall–Kier alpha value is -0.730. The molecule has 0 radical (unpaired) electrons. The van der Waals surface area contributed by atoms with E-state index in [0.29, 0.717) is 6.61 Å². The highest BCUT2D eigenvalue weighted by Crippen LogP contribution is 2.35. The number of hydrogen-bond acceptors (Lipinski definition) is 2. The molecule has 0 saturated carbocycles. The maximum atomic E-state index is 6.22. The molecule has 0 saturated heterocycles. The van der Waals surface area contributed by atoms with Crippen LogP contribution in [0.1, 0.15) is 39.3 Å². The van der Waals surface area contributed by atoms with Crippen molar-refractivity contribution in [1.82, 2.24) is 0 Å².